The summed E-state index contributed by atoms with van der Waals surface area (Å²) < 4.78 is 5.60. The number of nitrogens with one attached hydrogen (secondary N) is 2. The molecule has 1 saturated carbocycles. The van der Waals surface area contributed by atoms with Gasteiger partial charge in [0.1, 0.15) is 12.6 Å². The van der Waals surface area contributed by atoms with Gasteiger partial charge in [0.15, 0.2) is 0 Å². The lowest BCUT2D eigenvalue weighted by atomic mass is 9.89. The van der Waals surface area contributed by atoms with Crippen molar-refractivity contribution < 1.29 is 24.2 Å². The molecule has 2 aromatic rings. The van der Waals surface area contributed by atoms with E-state index < -0.39 is 23.5 Å². The predicted molar refractivity (Wildman–Crippen MR) is 128 cm³/mol. The van der Waals surface area contributed by atoms with E-state index in [-0.39, 0.29) is 25.0 Å². The Morgan fingerprint density at radius 3 is 2.18 bits per heavy atom. The fourth-order valence-electron chi connectivity index (χ4n) is 4.43. The molecule has 4 rings (SSSR count). The van der Waals surface area contributed by atoms with Crippen molar-refractivity contribution in [3.63, 3.8) is 0 Å². The lowest BCUT2D eigenvalue weighted by Crippen LogP contribution is -2.48. The zero-order valence-corrected chi connectivity index (χ0v) is 19.7. The largest absolute Gasteiger partial charge is 0.481 e. The Labute approximate surface area is 199 Å². The lowest BCUT2D eigenvalue weighted by Gasteiger charge is -2.22. The smallest absolute Gasteiger partial charge is 0.407 e. The molecule has 0 bridgehead atoms. The van der Waals surface area contributed by atoms with Crippen molar-refractivity contribution in [1.29, 1.82) is 0 Å². The highest BCUT2D eigenvalue weighted by atomic mass is 16.5. The first-order chi connectivity index (χ1) is 16.3. The fourth-order valence-corrected chi connectivity index (χ4v) is 4.43. The molecule has 34 heavy (non-hydrogen) atoms. The van der Waals surface area contributed by atoms with E-state index in [1.54, 1.807) is 13.8 Å². The number of carbonyl (C=O) groups excluding carboxylic acids is 2. The molecule has 0 aromatic heterocycles. The summed E-state index contributed by atoms with van der Waals surface area (Å²) in [6.07, 6.45) is 2.33. The summed E-state index contributed by atoms with van der Waals surface area (Å²) in [5, 5.41) is 14.8. The standard InChI is InChI=1S/C27H32N2O5/c1-27(2,25(31)32)13-14-28-24(30)23(15-17-11-12-17)29-26(33)34-16-22-20-9-5-3-7-18(20)19-8-4-6-10-21(19)22/h3-10,17,22-23H,11-16H2,1-2H3,(H,28,30)(H,29,33)(H,31,32)/t23-/m0/s1. The molecule has 0 saturated heterocycles. The number of rotatable bonds is 10. The molecule has 2 aliphatic carbocycles. The molecule has 1 atom stereocenters. The molecule has 2 aliphatic rings. The van der Waals surface area contributed by atoms with Crippen LogP contribution < -0.4 is 10.6 Å². The third-order valence-electron chi connectivity index (χ3n) is 6.85. The second kappa shape index (κ2) is 9.87. The molecular formula is C27H32N2O5. The third kappa shape index (κ3) is 5.41. The Bertz CT molecular complexity index is 1030. The van der Waals surface area contributed by atoms with Gasteiger partial charge in [0.2, 0.25) is 5.91 Å². The Hall–Kier alpha value is -3.35. The van der Waals surface area contributed by atoms with Gasteiger partial charge in [0.25, 0.3) is 0 Å². The van der Waals surface area contributed by atoms with E-state index >= 15 is 0 Å². The summed E-state index contributed by atoms with van der Waals surface area (Å²) in [7, 11) is 0. The van der Waals surface area contributed by atoms with Gasteiger partial charge in [-0.3, -0.25) is 9.59 Å². The van der Waals surface area contributed by atoms with E-state index in [1.165, 1.54) is 0 Å². The van der Waals surface area contributed by atoms with Crippen LogP contribution in [0.2, 0.25) is 0 Å². The first kappa shape index (κ1) is 23.8. The van der Waals surface area contributed by atoms with Gasteiger partial charge < -0.3 is 20.5 Å². The average Bonchev–Trinajstić information content (AvgIpc) is 3.57. The number of hydrogen-bond acceptors (Lipinski definition) is 4. The number of carboxylic acid groups (broad SMARTS) is 1. The number of alkyl carbamates (subject to hydrolysis) is 1. The van der Waals surface area contributed by atoms with E-state index in [2.05, 4.69) is 34.9 Å². The van der Waals surface area contributed by atoms with Crippen molar-refractivity contribution >= 4 is 18.0 Å². The van der Waals surface area contributed by atoms with Crippen molar-refractivity contribution in [3.05, 3.63) is 59.7 Å². The van der Waals surface area contributed by atoms with Gasteiger partial charge in [-0.2, -0.15) is 0 Å². The van der Waals surface area contributed by atoms with Crippen molar-refractivity contribution in [1.82, 2.24) is 10.6 Å². The second-order valence-corrected chi connectivity index (χ2v) is 9.93. The van der Waals surface area contributed by atoms with Crippen LogP contribution in [-0.2, 0) is 14.3 Å². The zero-order chi connectivity index (χ0) is 24.3. The predicted octanol–water partition coefficient (Wildman–Crippen LogP) is 4.31. The molecule has 0 unspecified atom stereocenters. The molecule has 2 amide bonds. The second-order valence-electron chi connectivity index (χ2n) is 9.93. The highest BCUT2D eigenvalue weighted by Gasteiger charge is 2.33. The van der Waals surface area contributed by atoms with Gasteiger partial charge in [-0.25, -0.2) is 4.79 Å². The number of amides is 2. The van der Waals surface area contributed by atoms with Gasteiger partial charge in [0.05, 0.1) is 5.41 Å². The van der Waals surface area contributed by atoms with Crippen LogP contribution in [0.15, 0.2) is 48.5 Å². The van der Waals surface area contributed by atoms with Crippen LogP contribution in [0.25, 0.3) is 11.1 Å². The van der Waals surface area contributed by atoms with Gasteiger partial charge >= 0.3 is 12.1 Å². The van der Waals surface area contributed by atoms with Crippen molar-refractivity contribution in [3.8, 4) is 11.1 Å². The molecule has 7 nitrogen and oxygen atoms in total. The van der Waals surface area contributed by atoms with Crippen LogP contribution in [0.3, 0.4) is 0 Å². The van der Waals surface area contributed by atoms with E-state index in [4.69, 9.17) is 4.74 Å². The molecule has 180 valence electrons. The maximum absolute atomic E-state index is 12.8. The highest BCUT2D eigenvalue weighted by Crippen LogP contribution is 2.44. The number of hydrogen-bond donors (Lipinski definition) is 3. The van der Waals surface area contributed by atoms with Crippen molar-refractivity contribution in [2.45, 2.75) is 51.5 Å². The molecular weight excluding hydrogens is 432 g/mol. The van der Waals surface area contributed by atoms with E-state index in [1.807, 2.05) is 24.3 Å². The first-order valence-electron chi connectivity index (χ1n) is 11.9. The van der Waals surface area contributed by atoms with E-state index in [0.717, 1.165) is 35.1 Å². The normalized spacial score (nSPS) is 15.7. The van der Waals surface area contributed by atoms with Crippen LogP contribution in [0.1, 0.15) is 56.6 Å². The Kier molecular flexibility index (Phi) is 6.91. The van der Waals surface area contributed by atoms with Crippen LogP contribution >= 0.6 is 0 Å². The van der Waals surface area contributed by atoms with Gasteiger partial charge in [-0.1, -0.05) is 61.4 Å². The summed E-state index contributed by atoms with van der Waals surface area (Å²) in [5.74, 6) is -0.846. The van der Waals surface area contributed by atoms with Crippen molar-refractivity contribution in [2.24, 2.45) is 11.3 Å². The monoisotopic (exact) mass is 464 g/mol. The Balaban J connectivity index is 1.35. The molecule has 0 heterocycles. The molecule has 2 aromatic carbocycles. The molecule has 0 spiro atoms. The Morgan fingerprint density at radius 2 is 1.62 bits per heavy atom. The molecule has 7 heteroatoms. The fraction of sp³-hybridized carbons (Fsp3) is 0.444. The summed E-state index contributed by atoms with van der Waals surface area (Å²) in [4.78, 5) is 36.7. The summed E-state index contributed by atoms with van der Waals surface area (Å²) in [6, 6.07) is 15.6. The van der Waals surface area contributed by atoms with Gasteiger partial charge in [0, 0.05) is 12.5 Å². The van der Waals surface area contributed by atoms with E-state index in [0.29, 0.717) is 18.8 Å². The quantitative estimate of drug-likeness (QED) is 0.486. The summed E-state index contributed by atoms with van der Waals surface area (Å²) in [6.45, 7) is 3.66. The van der Waals surface area contributed by atoms with Gasteiger partial charge in [-0.15, -0.1) is 0 Å². The maximum atomic E-state index is 12.8. The average molecular weight is 465 g/mol. The number of carbonyl (C=O) groups is 3. The minimum atomic E-state index is -0.931. The summed E-state index contributed by atoms with van der Waals surface area (Å²) >= 11 is 0. The highest BCUT2D eigenvalue weighted by molar-refractivity contribution is 5.86. The van der Waals surface area contributed by atoms with Crippen LogP contribution in [0.4, 0.5) is 4.79 Å². The minimum absolute atomic E-state index is 0.0490. The topological polar surface area (TPSA) is 105 Å². The maximum Gasteiger partial charge on any atom is 0.407 e. The lowest BCUT2D eigenvalue weighted by molar-refractivity contribution is -0.147. The van der Waals surface area contributed by atoms with Crippen LogP contribution in [0, 0.1) is 11.3 Å². The Morgan fingerprint density at radius 1 is 1.03 bits per heavy atom. The number of benzene rings is 2. The SMILES string of the molecule is CC(C)(CCNC(=O)[C@H](CC1CC1)NC(=O)OCC1c2ccccc2-c2ccccc21)C(=O)O. The van der Waals surface area contributed by atoms with Crippen molar-refractivity contribution in [2.75, 3.05) is 13.2 Å². The van der Waals surface area contributed by atoms with Crippen LogP contribution in [0.5, 0.6) is 0 Å². The zero-order valence-electron chi connectivity index (χ0n) is 19.7. The summed E-state index contributed by atoms with van der Waals surface area (Å²) in [5.41, 5.74) is 3.64. The first-order valence-corrected chi connectivity index (χ1v) is 11.9. The molecule has 3 N–H and O–H groups in total. The molecule has 0 radical (unpaired) electrons. The van der Waals surface area contributed by atoms with Crippen LogP contribution in [-0.4, -0.2) is 42.3 Å². The number of fused-ring (bicyclic) bond motifs is 3. The molecule has 0 aliphatic heterocycles. The van der Waals surface area contributed by atoms with E-state index in [9.17, 15) is 19.5 Å². The number of carboxylic acids is 1. The minimum Gasteiger partial charge on any atom is -0.481 e. The molecule has 1 fully saturated rings. The third-order valence-corrected chi connectivity index (χ3v) is 6.85. The number of aliphatic carboxylic acids is 1. The number of ether oxygens (including phenoxy) is 1. The van der Waals surface area contributed by atoms with Gasteiger partial charge in [-0.05, 0) is 54.9 Å².